The molecule has 0 unspecified atom stereocenters. The second kappa shape index (κ2) is 5.65. The van der Waals surface area contributed by atoms with Crippen LogP contribution in [0.5, 0.6) is 5.75 Å². The van der Waals surface area contributed by atoms with Crippen molar-refractivity contribution >= 4 is 16.8 Å². The van der Waals surface area contributed by atoms with Crippen LogP contribution in [0.3, 0.4) is 0 Å². The number of hydrogen-bond donors (Lipinski definition) is 1. The maximum absolute atomic E-state index is 7.39. The van der Waals surface area contributed by atoms with Gasteiger partial charge in [0.2, 0.25) is 0 Å². The third-order valence-electron chi connectivity index (χ3n) is 1.59. The highest BCUT2D eigenvalue weighted by Crippen LogP contribution is 2.09. The van der Waals surface area contributed by atoms with Crippen LogP contribution < -0.4 is 4.74 Å². The minimum Gasteiger partial charge on any atom is -0.493 e. The van der Waals surface area contributed by atoms with Crippen molar-refractivity contribution in [2.45, 2.75) is 6.42 Å². The fourth-order valence-corrected chi connectivity index (χ4v) is 1.17. The number of rotatable bonds is 4. The molecule has 0 aliphatic rings. The minimum atomic E-state index is 0.587. The summed E-state index contributed by atoms with van der Waals surface area (Å²) in [5, 5.41) is 8.05. The SMILES string of the molecule is CSC(=N)CCOc1ccccc1. The van der Waals surface area contributed by atoms with Crippen molar-refractivity contribution in [3.63, 3.8) is 0 Å². The van der Waals surface area contributed by atoms with Crippen LogP contribution in [0.2, 0.25) is 0 Å². The molecule has 0 aromatic heterocycles. The van der Waals surface area contributed by atoms with Gasteiger partial charge in [0.1, 0.15) is 5.75 Å². The lowest BCUT2D eigenvalue weighted by Crippen LogP contribution is -2.01. The van der Waals surface area contributed by atoms with Gasteiger partial charge in [-0.3, -0.25) is 5.41 Å². The lowest BCUT2D eigenvalue weighted by molar-refractivity contribution is 0.330. The predicted molar refractivity (Wildman–Crippen MR) is 57.8 cm³/mol. The first-order valence-corrected chi connectivity index (χ1v) is 5.34. The molecule has 0 radical (unpaired) electrons. The Bertz CT molecular complexity index is 261. The monoisotopic (exact) mass is 195 g/mol. The summed E-state index contributed by atoms with van der Waals surface area (Å²) >= 11 is 1.46. The molecule has 70 valence electrons. The van der Waals surface area contributed by atoms with E-state index in [4.69, 9.17) is 10.1 Å². The molecule has 2 nitrogen and oxygen atoms in total. The number of nitrogens with one attached hydrogen (secondary N) is 1. The van der Waals surface area contributed by atoms with E-state index < -0.39 is 0 Å². The number of para-hydroxylation sites is 1. The molecule has 0 saturated carbocycles. The Morgan fingerprint density at radius 3 is 2.69 bits per heavy atom. The van der Waals surface area contributed by atoms with Crippen molar-refractivity contribution < 1.29 is 4.74 Å². The molecule has 0 atom stereocenters. The van der Waals surface area contributed by atoms with E-state index in [1.54, 1.807) is 0 Å². The third kappa shape index (κ3) is 3.99. The van der Waals surface area contributed by atoms with E-state index in [0.717, 1.165) is 5.75 Å². The second-order valence-corrected chi connectivity index (χ2v) is 3.44. The van der Waals surface area contributed by atoms with Crippen LogP contribution in [0.1, 0.15) is 6.42 Å². The molecule has 0 bridgehead atoms. The van der Waals surface area contributed by atoms with Gasteiger partial charge in [-0.2, -0.15) is 0 Å². The van der Waals surface area contributed by atoms with Crippen molar-refractivity contribution in [3.05, 3.63) is 30.3 Å². The lowest BCUT2D eigenvalue weighted by atomic mass is 10.3. The summed E-state index contributed by atoms with van der Waals surface area (Å²) in [5.74, 6) is 0.872. The Kier molecular flexibility index (Phi) is 4.40. The van der Waals surface area contributed by atoms with Gasteiger partial charge in [-0.05, 0) is 18.4 Å². The molecule has 1 aromatic rings. The topological polar surface area (TPSA) is 33.1 Å². The fourth-order valence-electron chi connectivity index (χ4n) is 0.880. The van der Waals surface area contributed by atoms with E-state index in [9.17, 15) is 0 Å². The van der Waals surface area contributed by atoms with Gasteiger partial charge in [-0.1, -0.05) is 18.2 Å². The zero-order valence-electron chi connectivity index (χ0n) is 7.62. The average Bonchev–Trinajstić information content (AvgIpc) is 2.19. The van der Waals surface area contributed by atoms with Crippen LogP contribution in [0.4, 0.5) is 0 Å². The Balaban J connectivity index is 2.24. The molecule has 13 heavy (non-hydrogen) atoms. The summed E-state index contributed by atoms with van der Waals surface area (Å²) in [7, 11) is 0. The van der Waals surface area contributed by atoms with Crippen molar-refractivity contribution in [1.29, 1.82) is 5.41 Å². The van der Waals surface area contributed by atoms with Crippen molar-refractivity contribution in [1.82, 2.24) is 0 Å². The number of thioether (sulfide) groups is 1. The molecule has 3 heteroatoms. The van der Waals surface area contributed by atoms with E-state index in [1.807, 2.05) is 36.6 Å². The summed E-state index contributed by atoms with van der Waals surface area (Å²) < 4.78 is 5.42. The fraction of sp³-hybridized carbons (Fsp3) is 0.300. The average molecular weight is 195 g/mol. The van der Waals surface area contributed by atoms with Crippen LogP contribution in [-0.2, 0) is 0 Å². The van der Waals surface area contributed by atoms with E-state index in [-0.39, 0.29) is 0 Å². The highest BCUT2D eigenvalue weighted by atomic mass is 32.2. The largest absolute Gasteiger partial charge is 0.493 e. The van der Waals surface area contributed by atoms with E-state index in [1.165, 1.54) is 11.8 Å². The maximum Gasteiger partial charge on any atom is 0.119 e. The Hall–Kier alpha value is -0.960. The smallest absolute Gasteiger partial charge is 0.119 e. The van der Waals surface area contributed by atoms with Gasteiger partial charge in [0.25, 0.3) is 0 Å². The molecule has 1 rings (SSSR count). The normalized spacial score (nSPS) is 9.62. The second-order valence-electron chi connectivity index (χ2n) is 2.54. The first-order valence-electron chi connectivity index (χ1n) is 4.12. The van der Waals surface area contributed by atoms with Crippen LogP contribution in [-0.4, -0.2) is 17.9 Å². The number of hydrogen-bond acceptors (Lipinski definition) is 3. The van der Waals surface area contributed by atoms with E-state index in [2.05, 4.69) is 0 Å². The van der Waals surface area contributed by atoms with Gasteiger partial charge in [-0.25, -0.2) is 0 Å². The highest BCUT2D eigenvalue weighted by molar-refractivity contribution is 8.13. The molecular formula is C10H13NOS. The molecule has 0 aliphatic heterocycles. The molecule has 0 spiro atoms. The molecule has 0 fully saturated rings. The standard InChI is InChI=1S/C10H13NOS/c1-13-10(11)7-8-12-9-5-3-2-4-6-9/h2-6,11H,7-8H2,1H3. The minimum absolute atomic E-state index is 0.587. The maximum atomic E-state index is 7.39. The summed E-state index contributed by atoms with van der Waals surface area (Å²) in [6.07, 6.45) is 2.60. The van der Waals surface area contributed by atoms with Crippen molar-refractivity contribution in [2.75, 3.05) is 12.9 Å². The van der Waals surface area contributed by atoms with Gasteiger partial charge in [-0.15, -0.1) is 11.8 Å². The summed E-state index contributed by atoms with van der Waals surface area (Å²) in [6, 6.07) is 9.67. The number of ether oxygens (including phenoxy) is 1. The van der Waals surface area contributed by atoms with Crippen LogP contribution in [0, 0.1) is 5.41 Å². The zero-order chi connectivity index (χ0) is 9.52. The summed E-state index contributed by atoms with van der Waals surface area (Å²) in [6.45, 7) is 0.587. The Morgan fingerprint density at radius 1 is 1.38 bits per heavy atom. The van der Waals surface area contributed by atoms with Gasteiger partial charge in [0.15, 0.2) is 0 Å². The van der Waals surface area contributed by atoms with E-state index in [0.29, 0.717) is 18.1 Å². The molecule has 0 aliphatic carbocycles. The molecule has 0 saturated heterocycles. The number of benzene rings is 1. The van der Waals surface area contributed by atoms with E-state index >= 15 is 0 Å². The Labute approximate surface area is 82.8 Å². The van der Waals surface area contributed by atoms with Gasteiger partial charge < -0.3 is 4.74 Å². The Morgan fingerprint density at radius 2 is 2.08 bits per heavy atom. The van der Waals surface area contributed by atoms with Crippen molar-refractivity contribution in [2.24, 2.45) is 0 Å². The third-order valence-corrected chi connectivity index (χ3v) is 2.28. The zero-order valence-corrected chi connectivity index (χ0v) is 8.43. The summed E-state index contributed by atoms with van der Waals surface area (Å²) in [4.78, 5) is 0. The van der Waals surface area contributed by atoms with Crippen LogP contribution in [0.25, 0.3) is 0 Å². The van der Waals surface area contributed by atoms with Crippen LogP contribution >= 0.6 is 11.8 Å². The summed E-state index contributed by atoms with van der Waals surface area (Å²) in [5.41, 5.74) is 0. The van der Waals surface area contributed by atoms with Crippen LogP contribution in [0.15, 0.2) is 30.3 Å². The van der Waals surface area contributed by atoms with Gasteiger partial charge in [0.05, 0.1) is 11.7 Å². The highest BCUT2D eigenvalue weighted by Gasteiger charge is 1.95. The molecule has 1 aromatic carbocycles. The van der Waals surface area contributed by atoms with Crippen molar-refractivity contribution in [3.8, 4) is 5.75 Å². The molecule has 0 heterocycles. The molecular weight excluding hydrogens is 182 g/mol. The first-order chi connectivity index (χ1) is 6.33. The van der Waals surface area contributed by atoms with Gasteiger partial charge in [0, 0.05) is 6.42 Å². The quantitative estimate of drug-likeness (QED) is 0.592. The lowest BCUT2D eigenvalue weighted by Gasteiger charge is -2.04. The van der Waals surface area contributed by atoms with Gasteiger partial charge >= 0.3 is 0 Å². The predicted octanol–water partition coefficient (Wildman–Crippen LogP) is 2.80. The molecule has 1 N–H and O–H groups in total. The first kappa shape index (κ1) is 10.1. The molecule has 0 amide bonds.